The molecule has 1 fully saturated rings. The van der Waals surface area contributed by atoms with E-state index in [2.05, 4.69) is 20.8 Å². The number of rotatable bonds is 4. The fourth-order valence-electron chi connectivity index (χ4n) is 3.61. The molecule has 1 aromatic heterocycles. The summed E-state index contributed by atoms with van der Waals surface area (Å²) in [4.78, 5) is 28.5. The molecule has 3 amide bonds. The first kappa shape index (κ1) is 22.5. The van der Waals surface area contributed by atoms with E-state index < -0.39 is 5.60 Å². The summed E-state index contributed by atoms with van der Waals surface area (Å²) in [6, 6.07) is 5.47. The average molecular weight is 430 g/mol. The minimum absolute atomic E-state index is 0.156. The molecule has 1 aliphatic heterocycles. The third-order valence-corrected chi connectivity index (χ3v) is 5.10. The number of nitrogens with zero attached hydrogens (tertiary/aromatic N) is 6. The van der Waals surface area contributed by atoms with Crippen molar-refractivity contribution in [2.75, 3.05) is 32.0 Å². The van der Waals surface area contributed by atoms with Crippen molar-refractivity contribution in [2.45, 2.75) is 46.1 Å². The first-order valence-electron chi connectivity index (χ1n) is 10.5. The summed E-state index contributed by atoms with van der Waals surface area (Å²) in [5, 5.41) is 14.2. The van der Waals surface area contributed by atoms with E-state index in [1.54, 1.807) is 21.5 Å². The number of hydrogen-bond donors (Lipinski definition) is 1. The Morgan fingerprint density at radius 3 is 2.77 bits per heavy atom. The number of anilines is 1. The number of hydrogen-bond acceptors (Lipinski definition) is 6. The standard InChI is InChI=1S/C21H31N7O3/c1-15-8-9-17(11-18(15)28-14-22-24-25-28)23-19(29)27-10-6-7-16(13-27)12-26(5)20(30)31-21(2,3)4/h8-9,11,14,16H,6-7,10,12-13H2,1-5H3,(H,23,29). The number of aromatic nitrogens is 4. The lowest BCUT2D eigenvalue weighted by molar-refractivity contribution is 0.0253. The van der Waals surface area contributed by atoms with Crippen LogP contribution in [0.4, 0.5) is 15.3 Å². The molecule has 168 valence electrons. The molecule has 10 heteroatoms. The maximum Gasteiger partial charge on any atom is 0.410 e. The lowest BCUT2D eigenvalue weighted by Gasteiger charge is -2.35. The monoisotopic (exact) mass is 429 g/mol. The number of carbonyl (C=O) groups is 2. The first-order valence-corrected chi connectivity index (χ1v) is 10.5. The Morgan fingerprint density at radius 2 is 2.10 bits per heavy atom. The van der Waals surface area contributed by atoms with Gasteiger partial charge in [0, 0.05) is 32.4 Å². The molecule has 2 aromatic rings. The third-order valence-electron chi connectivity index (χ3n) is 5.10. The van der Waals surface area contributed by atoms with Gasteiger partial charge in [-0.3, -0.25) is 0 Å². The van der Waals surface area contributed by atoms with E-state index in [4.69, 9.17) is 4.74 Å². The molecule has 31 heavy (non-hydrogen) atoms. The number of aryl methyl sites for hydroxylation is 1. The summed E-state index contributed by atoms with van der Waals surface area (Å²) in [5.41, 5.74) is 1.94. The van der Waals surface area contributed by atoms with E-state index >= 15 is 0 Å². The Morgan fingerprint density at radius 1 is 1.32 bits per heavy atom. The summed E-state index contributed by atoms with van der Waals surface area (Å²) < 4.78 is 6.99. The summed E-state index contributed by atoms with van der Waals surface area (Å²) in [6.07, 6.45) is 3.03. The smallest absolute Gasteiger partial charge is 0.410 e. The van der Waals surface area contributed by atoms with E-state index in [9.17, 15) is 9.59 Å². The molecule has 1 unspecified atom stereocenters. The second-order valence-corrected chi connectivity index (χ2v) is 9.00. The second-order valence-electron chi connectivity index (χ2n) is 9.00. The van der Waals surface area contributed by atoms with Crippen molar-refractivity contribution in [3.63, 3.8) is 0 Å². The molecule has 0 spiro atoms. The average Bonchev–Trinajstić information content (AvgIpc) is 3.23. The Balaban J connectivity index is 1.59. The number of benzene rings is 1. The number of ether oxygens (including phenoxy) is 1. The molecule has 1 aliphatic rings. The number of amides is 3. The van der Waals surface area contributed by atoms with Crippen LogP contribution in [-0.2, 0) is 4.74 Å². The van der Waals surface area contributed by atoms with E-state index in [1.165, 1.54) is 6.33 Å². The lowest BCUT2D eigenvalue weighted by Crippen LogP contribution is -2.46. The second kappa shape index (κ2) is 9.32. The van der Waals surface area contributed by atoms with Crippen molar-refractivity contribution in [2.24, 2.45) is 5.92 Å². The summed E-state index contributed by atoms with van der Waals surface area (Å²) >= 11 is 0. The largest absolute Gasteiger partial charge is 0.444 e. The predicted molar refractivity (Wildman–Crippen MR) is 116 cm³/mol. The van der Waals surface area contributed by atoms with Gasteiger partial charge >= 0.3 is 12.1 Å². The normalized spacial score (nSPS) is 16.7. The molecule has 0 bridgehead atoms. The van der Waals surface area contributed by atoms with Crippen LogP contribution < -0.4 is 5.32 Å². The van der Waals surface area contributed by atoms with Crippen molar-refractivity contribution >= 4 is 17.8 Å². The van der Waals surface area contributed by atoms with Gasteiger partial charge in [0.1, 0.15) is 11.9 Å². The van der Waals surface area contributed by atoms with E-state index in [-0.39, 0.29) is 18.0 Å². The first-order chi connectivity index (χ1) is 14.6. The molecule has 1 atom stereocenters. The van der Waals surface area contributed by atoms with E-state index in [0.29, 0.717) is 25.3 Å². The van der Waals surface area contributed by atoms with Crippen LogP contribution in [0.1, 0.15) is 39.2 Å². The van der Waals surface area contributed by atoms with Gasteiger partial charge in [0.25, 0.3) is 0 Å². The van der Waals surface area contributed by atoms with Crippen molar-refractivity contribution in [1.82, 2.24) is 30.0 Å². The van der Waals surface area contributed by atoms with Gasteiger partial charge in [0.05, 0.1) is 5.69 Å². The van der Waals surface area contributed by atoms with Crippen LogP contribution >= 0.6 is 0 Å². The number of piperidine rings is 1. The van der Waals surface area contributed by atoms with Crippen LogP contribution in [0.3, 0.4) is 0 Å². The van der Waals surface area contributed by atoms with Crippen molar-refractivity contribution in [3.05, 3.63) is 30.1 Å². The zero-order valence-corrected chi connectivity index (χ0v) is 18.8. The minimum Gasteiger partial charge on any atom is -0.444 e. The van der Waals surface area contributed by atoms with Gasteiger partial charge < -0.3 is 19.9 Å². The molecule has 1 saturated heterocycles. The Bertz CT molecular complexity index is 908. The third kappa shape index (κ3) is 6.16. The van der Waals surface area contributed by atoms with E-state index in [0.717, 1.165) is 24.1 Å². The zero-order valence-electron chi connectivity index (χ0n) is 18.8. The summed E-state index contributed by atoms with van der Waals surface area (Å²) in [7, 11) is 1.74. The molecule has 0 radical (unpaired) electrons. The van der Waals surface area contributed by atoms with Crippen molar-refractivity contribution in [3.8, 4) is 5.69 Å². The van der Waals surface area contributed by atoms with Gasteiger partial charge in [-0.05, 0) is 74.6 Å². The summed E-state index contributed by atoms with van der Waals surface area (Å²) in [6.45, 7) is 9.32. The predicted octanol–water partition coefficient (Wildman–Crippen LogP) is 3.08. The maximum absolute atomic E-state index is 12.9. The van der Waals surface area contributed by atoms with Crippen molar-refractivity contribution in [1.29, 1.82) is 0 Å². The van der Waals surface area contributed by atoms with Crippen LogP contribution in [0.15, 0.2) is 24.5 Å². The van der Waals surface area contributed by atoms with Crippen LogP contribution in [0.5, 0.6) is 0 Å². The quantitative estimate of drug-likeness (QED) is 0.801. The van der Waals surface area contributed by atoms with Crippen LogP contribution in [-0.4, -0.2) is 74.4 Å². The van der Waals surface area contributed by atoms with Gasteiger partial charge in [0.2, 0.25) is 0 Å². The van der Waals surface area contributed by atoms with Crippen molar-refractivity contribution < 1.29 is 14.3 Å². The molecule has 2 heterocycles. The molecule has 0 aliphatic carbocycles. The van der Waals surface area contributed by atoms with Crippen LogP contribution in [0.25, 0.3) is 5.69 Å². The fraction of sp³-hybridized carbons (Fsp3) is 0.571. The van der Waals surface area contributed by atoms with Gasteiger partial charge in [-0.25, -0.2) is 14.3 Å². The molecule has 10 nitrogen and oxygen atoms in total. The van der Waals surface area contributed by atoms with Gasteiger partial charge in [-0.15, -0.1) is 5.10 Å². The highest BCUT2D eigenvalue weighted by Crippen LogP contribution is 2.22. The zero-order chi connectivity index (χ0) is 22.6. The molecular weight excluding hydrogens is 398 g/mol. The fourth-order valence-corrected chi connectivity index (χ4v) is 3.61. The number of nitrogens with one attached hydrogen (secondary N) is 1. The highest BCUT2D eigenvalue weighted by molar-refractivity contribution is 5.89. The molecule has 1 aromatic carbocycles. The molecule has 3 rings (SSSR count). The van der Waals surface area contributed by atoms with Gasteiger partial charge in [0.15, 0.2) is 0 Å². The van der Waals surface area contributed by atoms with Crippen LogP contribution in [0.2, 0.25) is 0 Å². The molecular formula is C21H31N7O3. The molecule has 1 N–H and O–H groups in total. The highest BCUT2D eigenvalue weighted by Gasteiger charge is 2.27. The van der Waals surface area contributed by atoms with Crippen LogP contribution in [0, 0.1) is 12.8 Å². The number of carbonyl (C=O) groups excluding carboxylic acids is 2. The summed E-state index contributed by atoms with van der Waals surface area (Å²) in [5.74, 6) is 0.201. The Hall–Kier alpha value is -3.17. The topological polar surface area (TPSA) is 105 Å². The SMILES string of the molecule is Cc1ccc(NC(=O)N2CCCC(CN(C)C(=O)OC(C)(C)C)C2)cc1-n1cnnn1. The van der Waals surface area contributed by atoms with Gasteiger partial charge in [-0.1, -0.05) is 6.07 Å². The number of urea groups is 1. The Labute approximate surface area is 182 Å². The molecule has 0 saturated carbocycles. The minimum atomic E-state index is -0.529. The lowest BCUT2D eigenvalue weighted by atomic mass is 9.98. The number of likely N-dealkylation sites (tertiary alicyclic amines) is 1. The highest BCUT2D eigenvalue weighted by atomic mass is 16.6. The number of tetrazole rings is 1. The van der Waals surface area contributed by atoms with E-state index in [1.807, 2.05) is 45.9 Å². The Kier molecular flexibility index (Phi) is 6.77. The van der Waals surface area contributed by atoms with Gasteiger partial charge in [-0.2, -0.15) is 0 Å². The maximum atomic E-state index is 12.9.